The molecule has 0 aromatic rings. The van der Waals surface area contributed by atoms with E-state index in [1.807, 2.05) is 0 Å². The van der Waals surface area contributed by atoms with Crippen LogP contribution in [0.1, 0.15) is 0 Å². The Balaban J connectivity index is 0. The minimum atomic E-state index is -0.954. The molecule has 0 spiro atoms. The first kappa shape index (κ1) is 10.7. The van der Waals surface area contributed by atoms with Gasteiger partial charge in [-0.25, -0.2) is 0 Å². The van der Waals surface area contributed by atoms with Gasteiger partial charge in [0.05, 0.1) is 13.2 Å². The third-order valence-corrected chi connectivity index (χ3v) is 0.421. The van der Waals surface area contributed by atoms with Crippen LogP contribution in [0.5, 0.6) is 0 Å². The summed E-state index contributed by atoms with van der Waals surface area (Å²) < 4.78 is 0. The number of rotatable bonds is 2. The van der Waals surface area contributed by atoms with Gasteiger partial charge in [0.15, 0.2) is 0 Å². The summed E-state index contributed by atoms with van der Waals surface area (Å²) in [4.78, 5) is 0. The summed E-state index contributed by atoms with van der Waals surface area (Å²) >= 11 is 0. The van der Waals surface area contributed by atoms with Crippen LogP contribution in [0.4, 0.5) is 0 Å². The van der Waals surface area contributed by atoms with E-state index in [1.54, 1.807) is 0 Å². The Kier molecular flexibility index (Phi) is 10.5. The van der Waals surface area contributed by atoms with Crippen LogP contribution in [0.15, 0.2) is 0 Å². The molecule has 0 fully saturated rings. The van der Waals surface area contributed by atoms with Gasteiger partial charge in [-0.3, -0.25) is 0 Å². The fraction of sp³-hybridized carbons (Fsp3) is 1.00. The van der Waals surface area contributed by atoms with Crippen molar-refractivity contribution in [1.82, 2.24) is 0 Å². The molecule has 0 aromatic carbocycles. The van der Waals surface area contributed by atoms with Crippen molar-refractivity contribution >= 4 is 0 Å². The van der Waals surface area contributed by atoms with Crippen molar-refractivity contribution in [3.05, 3.63) is 0 Å². The predicted molar refractivity (Wildman–Crippen MR) is 20.2 cm³/mol. The molecule has 0 heterocycles. The van der Waals surface area contributed by atoms with Gasteiger partial charge in [-0.05, 0) is 0 Å². The minimum absolute atomic E-state index is 0. The molecule has 0 saturated carbocycles. The molecule has 0 aliphatic rings. The second-order valence-corrected chi connectivity index (χ2v) is 1.02. The Labute approximate surface area is 62.5 Å². The van der Waals surface area contributed by atoms with E-state index < -0.39 is 6.10 Å². The molecule has 40 valence electrons. The monoisotopic (exact) mass is 294 g/mol. The van der Waals surface area contributed by atoms with Gasteiger partial charge in [-0.1, -0.05) is 0 Å². The topological polar surface area (TPSA) is 60.7 Å². The van der Waals surface area contributed by atoms with Crippen LogP contribution in [0.3, 0.4) is 0 Å². The van der Waals surface area contributed by atoms with E-state index in [4.69, 9.17) is 15.3 Å². The van der Waals surface area contributed by atoms with Crippen LogP contribution >= 0.6 is 0 Å². The van der Waals surface area contributed by atoms with Gasteiger partial charge in [0.2, 0.25) is 0 Å². The van der Waals surface area contributed by atoms with E-state index in [-0.39, 0.29) is 40.9 Å². The first-order valence-corrected chi connectivity index (χ1v) is 1.71. The Hall–Kier alpha value is 0.815. The van der Waals surface area contributed by atoms with E-state index >= 15 is 0 Å². The Bertz CT molecular complexity index is 29.4. The number of aliphatic hydroxyl groups excluding tert-OH is 3. The van der Waals surface area contributed by atoms with E-state index in [1.165, 1.54) is 0 Å². The zero-order valence-corrected chi connectivity index (χ0v) is 9.54. The van der Waals surface area contributed by atoms with Crippen LogP contribution in [0.2, 0.25) is 0 Å². The summed E-state index contributed by atoms with van der Waals surface area (Å²) in [5.41, 5.74) is 0. The van der Waals surface area contributed by atoms with Gasteiger partial charge in [0.25, 0.3) is 0 Å². The molecule has 7 heavy (non-hydrogen) atoms. The Morgan fingerprint density at radius 2 is 1.43 bits per heavy atom. The summed E-state index contributed by atoms with van der Waals surface area (Å²) in [6.07, 6.45) is -0.954. The molecule has 0 aliphatic heterocycles. The van der Waals surface area contributed by atoms with E-state index in [0.717, 1.165) is 0 Å². The van der Waals surface area contributed by atoms with Crippen molar-refractivity contribution in [1.29, 1.82) is 0 Å². The SMILES string of the molecule is OCC(O)CO.[Hg]. The average molecular weight is 293 g/mol. The predicted octanol–water partition coefficient (Wildman–Crippen LogP) is -1.67. The third kappa shape index (κ3) is 6.82. The summed E-state index contributed by atoms with van der Waals surface area (Å²) in [5.74, 6) is 0. The maximum absolute atomic E-state index is 8.17. The fourth-order valence-electron chi connectivity index (χ4n) is 0.0577. The largest absolute Gasteiger partial charge is 0.394 e. The van der Waals surface area contributed by atoms with Crippen molar-refractivity contribution in [2.75, 3.05) is 13.2 Å². The molecule has 0 radical (unpaired) electrons. The number of hydrogen-bond acceptors (Lipinski definition) is 3. The van der Waals surface area contributed by atoms with E-state index in [9.17, 15) is 0 Å². The van der Waals surface area contributed by atoms with Crippen LogP contribution in [0.25, 0.3) is 0 Å². The van der Waals surface area contributed by atoms with Gasteiger partial charge in [-0.2, -0.15) is 0 Å². The second-order valence-electron chi connectivity index (χ2n) is 1.02. The van der Waals surface area contributed by atoms with Crippen LogP contribution in [-0.2, 0) is 27.7 Å². The summed E-state index contributed by atoms with van der Waals surface area (Å²) in [6, 6.07) is 0. The Morgan fingerprint density at radius 3 is 1.43 bits per heavy atom. The molecule has 0 unspecified atom stereocenters. The number of hydrogen-bond donors (Lipinski definition) is 3. The quantitative estimate of drug-likeness (QED) is 0.534. The first-order valence-electron chi connectivity index (χ1n) is 1.71. The Morgan fingerprint density at radius 1 is 1.14 bits per heavy atom. The molecule has 3 nitrogen and oxygen atoms in total. The summed E-state index contributed by atoms with van der Waals surface area (Å²) in [5, 5.41) is 24.0. The minimum Gasteiger partial charge on any atom is -0.394 e. The standard InChI is InChI=1S/C3H8O3.Hg/c4-1-3(6)2-5;/h3-6H,1-2H2;. The van der Waals surface area contributed by atoms with Crippen molar-refractivity contribution in [2.24, 2.45) is 0 Å². The second kappa shape index (κ2) is 6.82. The van der Waals surface area contributed by atoms with E-state index in [0.29, 0.717) is 0 Å². The van der Waals surface area contributed by atoms with Gasteiger partial charge in [-0.15, -0.1) is 0 Å². The zero-order chi connectivity index (χ0) is 4.99. The normalized spacial score (nSPS) is 8.57. The van der Waals surface area contributed by atoms with Crippen molar-refractivity contribution in [2.45, 2.75) is 6.10 Å². The molecule has 0 saturated heterocycles. The summed E-state index contributed by atoms with van der Waals surface area (Å²) in [7, 11) is 0. The van der Waals surface area contributed by atoms with Gasteiger partial charge in [0.1, 0.15) is 6.10 Å². The molecule has 0 aromatic heterocycles. The molecule has 0 atom stereocenters. The molecule has 0 aliphatic carbocycles. The van der Waals surface area contributed by atoms with Crippen LogP contribution < -0.4 is 0 Å². The molecular formula is C3H8HgO3. The van der Waals surface area contributed by atoms with Crippen molar-refractivity contribution in [3.8, 4) is 0 Å². The molecular weight excluding hydrogens is 285 g/mol. The smallest absolute Gasteiger partial charge is 0.100 e. The van der Waals surface area contributed by atoms with Gasteiger partial charge < -0.3 is 15.3 Å². The molecule has 0 rings (SSSR count). The molecule has 0 bridgehead atoms. The zero-order valence-electron chi connectivity index (χ0n) is 4.04. The fourth-order valence-corrected chi connectivity index (χ4v) is 0.0577. The number of aliphatic hydroxyl groups is 3. The van der Waals surface area contributed by atoms with Crippen LogP contribution in [-0.4, -0.2) is 34.6 Å². The summed E-state index contributed by atoms with van der Waals surface area (Å²) in [6.45, 7) is -0.729. The van der Waals surface area contributed by atoms with Crippen molar-refractivity contribution < 1.29 is 43.0 Å². The molecule has 3 N–H and O–H groups in total. The molecule has 4 heteroatoms. The van der Waals surface area contributed by atoms with E-state index in [2.05, 4.69) is 0 Å². The van der Waals surface area contributed by atoms with Crippen molar-refractivity contribution in [3.63, 3.8) is 0 Å². The van der Waals surface area contributed by atoms with Gasteiger partial charge in [0, 0.05) is 27.7 Å². The van der Waals surface area contributed by atoms with Gasteiger partial charge >= 0.3 is 0 Å². The third-order valence-electron chi connectivity index (χ3n) is 0.421. The average Bonchev–Trinajstić information content (AvgIpc) is 1.65. The molecule has 0 amide bonds. The maximum Gasteiger partial charge on any atom is 0.100 e. The first-order chi connectivity index (χ1) is 2.81. The maximum atomic E-state index is 8.17. The van der Waals surface area contributed by atoms with Crippen LogP contribution in [0, 0.1) is 0 Å².